The predicted molar refractivity (Wildman–Crippen MR) is 164 cm³/mol. The van der Waals surface area contributed by atoms with E-state index < -0.39 is 0 Å². The molecule has 42 heavy (non-hydrogen) atoms. The lowest BCUT2D eigenvalue weighted by Gasteiger charge is -2.17. The molecule has 2 aromatic carbocycles. The third-order valence-corrected chi connectivity index (χ3v) is 7.29. The van der Waals surface area contributed by atoms with Gasteiger partial charge >= 0.3 is 0 Å². The van der Waals surface area contributed by atoms with E-state index in [1.807, 2.05) is 37.3 Å². The Kier molecular flexibility index (Phi) is 9.17. The minimum absolute atomic E-state index is 0.246. The molecule has 4 aromatic rings. The van der Waals surface area contributed by atoms with Crippen LogP contribution in [-0.2, 0) is 11.4 Å². The number of fused-ring (bicyclic) bond motifs is 1. The van der Waals surface area contributed by atoms with Crippen LogP contribution in [0.5, 0.6) is 11.5 Å². The Morgan fingerprint density at radius 2 is 2.07 bits per heavy atom. The number of aromatic nitrogens is 2. The minimum atomic E-state index is -0.261. The van der Waals surface area contributed by atoms with Crippen LogP contribution >= 0.6 is 11.6 Å². The minimum Gasteiger partial charge on any atom is -0.492 e. The molecule has 0 radical (unpaired) electrons. The molecule has 1 amide bonds. The van der Waals surface area contributed by atoms with Gasteiger partial charge in [0.05, 0.1) is 39.8 Å². The number of nitrogens with one attached hydrogen (secondary N) is 2. The van der Waals surface area contributed by atoms with Crippen molar-refractivity contribution in [3.8, 4) is 17.6 Å². The molecule has 1 atom stereocenters. The van der Waals surface area contributed by atoms with E-state index in [4.69, 9.17) is 21.1 Å². The SMILES string of the molecule is CCOc1cc2ncc(C#N)c(Nc3ccc(OCc4ccccn4)c(Cl)c3)c2cc1NC(=O)C=C[C@H]1CCCN1C. The van der Waals surface area contributed by atoms with Crippen LogP contribution in [0.3, 0.4) is 0 Å². The van der Waals surface area contributed by atoms with Crippen LogP contribution in [0.25, 0.3) is 10.9 Å². The molecule has 5 rings (SSSR count). The van der Waals surface area contributed by atoms with E-state index in [0.29, 0.717) is 56.7 Å². The number of amides is 1. The summed E-state index contributed by atoms with van der Waals surface area (Å²) in [7, 11) is 2.06. The lowest BCUT2D eigenvalue weighted by molar-refractivity contribution is -0.112. The third kappa shape index (κ3) is 6.79. The number of ether oxygens (including phenoxy) is 2. The Morgan fingerprint density at radius 1 is 1.19 bits per heavy atom. The first-order chi connectivity index (χ1) is 20.4. The number of carbonyl (C=O) groups is 1. The van der Waals surface area contributed by atoms with Crippen molar-refractivity contribution in [2.24, 2.45) is 0 Å². The van der Waals surface area contributed by atoms with E-state index >= 15 is 0 Å². The summed E-state index contributed by atoms with van der Waals surface area (Å²) in [6.07, 6.45) is 8.85. The number of rotatable bonds is 10. The zero-order chi connectivity index (χ0) is 29.5. The summed E-state index contributed by atoms with van der Waals surface area (Å²) >= 11 is 6.54. The Morgan fingerprint density at radius 3 is 2.79 bits per heavy atom. The smallest absolute Gasteiger partial charge is 0.248 e. The number of pyridine rings is 2. The Labute approximate surface area is 249 Å². The summed E-state index contributed by atoms with van der Waals surface area (Å²) in [5.41, 5.74) is 3.38. The van der Waals surface area contributed by atoms with Gasteiger partial charge in [0.2, 0.25) is 5.91 Å². The molecule has 0 unspecified atom stereocenters. The molecule has 0 saturated carbocycles. The molecule has 2 N–H and O–H groups in total. The molecule has 214 valence electrons. The topological polar surface area (TPSA) is 112 Å². The molecular weight excluding hydrogens is 552 g/mol. The lowest BCUT2D eigenvalue weighted by atomic mass is 10.1. The van der Waals surface area contributed by atoms with Gasteiger partial charge in [-0.25, -0.2) is 0 Å². The number of hydrogen-bond donors (Lipinski definition) is 2. The van der Waals surface area contributed by atoms with E-state index in [2.05, 4.69) is 38.6 Å². The largest absolute Gasteiger partial charge is 0.492 e. The van der Waals surface area contributed by atoms with Gasteiger partial charge in [-0.3, -0.25) is 19.7 Å². The Bertz CT molecular complexity index is 1650. The van der Waals surface area contributed by atoms with Gasteiger partial charge in [0.25, 0.3) is 0 Å². The van der Waals surface area contributed by atoms with Crippen molar-refractivity contribution in [3.05, 3.63) is 89.4 Å². The highest BCUT2D eigenvalue weighted by Crippen LogP contribution is 2.37. The van der Waals surface area contributed by atoms with Gasteiger partial charge in [0.15, 0.2) is 0 Å². The van der Waals surface area contributed by atoms with E-state index in [9.17, 15) is 10.1 Å². The van der Waals surface area contributed by atoms with Crippen molar-refractivity contribution in [3.63, 3.8) is 0 Å². The highest BCUT2D eigenvalue weighted by atomic mass is 35.5. The van der Waals surface area contributed by atoms with Crippen LogP contribution in [0.1, 0.15) is 31.0 Å². The summed E-state index contributed by atoms with van der Waals surface area (Å²) in [5.74, 6) is 0.740. The molecule has 0 aliphatic carbocycles. The average Bonchev–Trinajstić information content (AvgIpc) is 3.41. The summed E-state index contributed by atoms with van der Waals surface area (Å²) in [4.78, 5) is 23.9. The number of benzene rings is 2. The van der Waals surface area contributed by atoms with Crippen LogP contribution in [0.15, 0.2) is 73.1 Å². The van der Waals surface area contributed by atoms with E-state index in [1.54, 1.807) is 36.5 Å². The molecule has 1 fully saturated rings. The second kappa shape index (κ2) is 13.3. The Balaban J connectivity index is 1.42. The maximum absolute atomic E-state index is 12.9. The molecule has 10 heteroatoms. The fourth-order valence-electron chi connectivity index (χ4n) is 4.84. The van der Waals surface area contributed by atoms with Crippen molar-refractivity contribution in [1.29, 1.82) is 5.26 Å². The summed E-state index contributed by atoms with van der Waals surface area (Å²) in [5, 5.41) is 17.2. The number of likely N-dealkylation sites (tertiary alicyclic amines) is 1. The van der Waals surface area contributed by atoms with Crippen LogP contribution < -0.4 is 20.1 Å². The second-order valence-corrected chi connectivity index (χ2v) is 10.3. The molecular formula is C32H31ClN6O3. The fourth-order valence-corrected chi connectivity index (χ4v) is 5.07. The number of nitriles is 1. The summed E-state index contributed by atoms with van der Waals surface area (Å²) in [6, 6.07) is 16.9. The van der Waals surface area contributed by atoms with Crippen molar-refractivity contribution in [2.45, 2.75) is 32.4 Å². The number of hydrogen-bond acceptors (Lipinski definition) is 8. The van der Waals surface area contributed by atoms with Crippen LogP contribution in [0.2, 0.25) is 5.02 Å². The first kappa shape index (κ1) is 28.9. The van der Waals surface area contributed by atoms with Crippen molar-refractivity contribution < 1.29 is 14.3 Å². The van der Waals surface area contributed by atoms with E-state index in [1.165, 1.54) is 6.20 Å². The summed E-state index contributed by atoms with van der Waals surface area (Å²) < 4.78 is 11.7. The van der Waals surface area contributed by atoms with Gasteiger partial charge in [0, 0.05) is 41.7 Å². The molecule has 9 nitrogen and oxygen atoms in total. The third-order valence-electron chi connectivity index (χ3n) is 7.00. The first-order valence-corrected chi connectivity index (χ1v) is 14.1. The number of carbonyl (C=O) groups excluding carboxylic acids is 1. The summed E-state index contributed by atoms with van der Waals surface area (Å²) in [6.45, 7) is 3.58. The highest BCUT2D eigenvalue weighted by molar-refractivity contribution is 6.32. The maximum atomic E-state index is 12.9. The van der Waals surface area contributed by atoms with Gasteiger partial charge in [-0.05, 0) is 69.8 Å². The van der Waals surface area contributed by atoms with E-state index in [-0.39, 0.29) is 18.6 Å². The van der Waals surface area contributed by atoms with Crippen molar-refractivity contribution in [2.75, 3.05) is 30.8 Å². The predicted octanol–water partition coefficient (Wildman–Crippen LogP) is 6.47. The first-order valence-electron chi connectivity index (χ1n) is 13.7. The fraction of sp³-hybridized carbons (Fsp3) is 0.250. The monoisotopic (exact) mass is 582 g/mol. The Hall–Kier alpha value is -4.65. The van der Waals surface area contributed by atoms with E-state index in [0.717, 1.165) is 25.1 Å². The lowest BCUT2D eigenvalue weighted by Crippen LogP contribution is -2.23. The van der Waals surface area contributed by atoms with Crippen molar-refractivity contribution in [1.82, 2.24) is 14.9 Å². The highest BCUT2D eigenvalue weighted by Gasteiger charge is 2.19. The molecule has 3 heterocycles. The zero-order valence-corrected chi connectivity index (χ0v) is 24.2. The molecule has 2 aromatic heterocycles. The van der Waals surface area contributed by atoms with Crippen LogP contribution in [0.4, 0.5) is 17.1 Å². The number of anilines is 3. The normalized spacial score (nSPS) is 15.0. The second-order valence-electron chi connectivity index (χ2n) is 9.88. The number of nitrogens with zero attached hydrogens (tertiary/aromatic N) is 4. The van der Waals surface area contributed by atoms with Gasteiger partial charge in [-0.2, -0.15) is 5.26 Å². The quantitative estimate of drug-likeness (QED) is 0.205. The zero-order valence-electron chi connectivity index (χ0n) is 23.4. The molecule has 0 bridgehead atoms. The van der Waals surface area contributed by atoms with Crippen LogP contribution in [-0.4, -0.2) is 47.0 Å². The standard InChI is InChI=1S/C32H31ClN6O3/c1-3-41-30-17-27-25(16-28(30)38-31(40)12-10-24-8-6-14-39(24)2)32(21(18-34)19-36-27)37-22-9-11-29(26(33)15-22)42-20-23-7-4-5-13-35-23/h4-5,7,9-13,15-17,19,24H,3,6,8,14,20H2,1-2H3,(H,36,37)(H,38,40)/t24-/m1/s1. The van der Waals surface area contributed by atoms with Gasteiger partial charge < -0.3 is 20.1 Å². The number of likely N-dealkylation sites (N-methyl/N-ethyl adjacent to an activating group) is 1. The van der Waals surface area contributed by atoms with Crippen LogP contribution in [0, 0.1) is 11.3 Å². The number of halogens is 1. The maximum Gasteiger partial charge on any atom is 0.248 e. The average molecular weight is 583 g/mol. The van der Waals surface area contributed by atoms with Gasteiger partial charge in [-0.15, -0.1) is 0 Å². The molecule has 1 saturated heterocycles. The van der Waals surface area contributed by atoms with Gasteiger partial charge in [-0.1, -0.05) is 23.7 Å². The molecule has 0 spiro atoms. The molecule has 1 aliphatic rings. The molecule has 1 aliphatic heterocycles. The van der Waals surface area contributed by atoms with Crippen molar-refractivity contribution >= 4 is 45.5 Å². The van der Waals surface area contributed by atoms with Gasteiger partial charge in [0.1, 0.15) is 24.2 Å².